The Morgan fingerprint density at radius 3 is 2.70 bits per heavy atom. The van der Waals surface area contributed by atoms with Gasteiger partial charge in [0.15, 0.2) is 0 Å². The van der Waals surface area contributed by atoms with E-state index in [0.717, 1.165) is 10.0 Å². The maximum Gasteiger partial charge on any atom is 0.244 e. The second-order valence-corrected chi connectivity index (χ2v) is 6.63. The number of nitrogens with zero attached hydrogens (tertiary/aromatic N) is 1. The molecule has 0 spiro atoms. The summed E-state index contributed by atoms with van der Waals surface area (Å²) in [6.45, 7) is 0.210. The van der Waals surface area contributed by atoms with Gasteiger partial charge in [0.1, 0.15) is 4.90 Å². The van der Waals surface area contributed by atoms with Crippen LogP contribution in [0.5, 0.6) is 0 Å². The van der Waals surface area contributed by atoms with E-state index < -0.39 is 10.0 Å². The average molecular weight is 356 g/mol. The fraction of sp³-hybridized carbons (Fsp3) is 0.154. The molecule has 5 nitrogen and oxygen atoms in total. The van der Waals surface area contributed by atoms with Crippen molar-refractivity contribution in [3.05, 3.63) is 52.8 Å². The Kier molecular flexibility index (Phi) is 4.74. The lowest BCUT2D eigenvalue weighted by Gasteiger charge is -2.11. The van der Waals surface area contributed by atoms with Gasteiger partial charge in [-0.3, -0.25) is 4.98 Å². The van der Waals surface area contributed by atoms with E-state index in [9.17, 15) is 8.42 Å². The minimum atomic E-state index is -3.61. The number of pyridine rings is 1. The van der Waals surface area contributed by atoms with Crippen molar-refractivity contribution in [2.45, 2.75) is 11.4 Å². The third-order valence-electron chi connectivity index (χ3n) is 2.75. The number of aromatic nitrogens is 1. The lowest BCUT2D eigenvalue weighted by molar-refractivity contribution is 0.581. The fourth-order valence-electron chi connectivity index (χ4n) is 1.69. The van der Waals surface area contributed by atoms with E-state index in [1.165, 1.54) is 6.20 Å². The van der Waals surface area contributed by atoms with Crippen molar-refractivity contribution in [2.75, 3.05) is 12.4 Å². The Morgan fingerprint density at radius 1 is 1.25 bits per heavy atom. The standard InChI is InChI=1S/C13H14BrN3O2S/c1-15-12-6-7-16-9-13(12)20(18,19)17-8-10-4-2-3-5-11(10)14/h2-7,9,17H,8H2,1H3,(H,15,16). The van der Waals surface area contributed by atoms with Gasteiger partial charge in [-0.1, -0.05) is 34.1 Å². The van der Waals surface area contributed by atoms with Gasteiger partial charge >= 0.3 is 0 Å². The van der Waals surface area contributed by atoms with Crippen LogP contribution in [0.2, 0.25) is 0 Å². The molecule has 0 radical (unpaired) electrons. The van der Waals surface area contributed by atoms with Gasteiger partial charge in [0.05, 0.1) is 5.69 Å². The molecule has 1 aromatic heterocycles. The second-order valence-electron chi connectivity index (χ2n) is 4.04. The monoisotopic (exact) mass is 355 g/mol. The molecule has 0 saturated carbocycles. The molecule has 20 heavy (non-hydrogen) atoms. The molecule has 1 heterocycles. The molecule has 106 valence electrons. The molecular weight excluding hydrogens is 342 g/mol. The molecule has 2 aromatic rings. The number of rotatable bonds is 5. The first-order valence-electron chi connectivity index (χ1n) is 5.89. The molecule has 0 saturated heterocycles. The van der Waals surface area contributed by atoms with Crippen molar-refractivity contribution >= 4 is 31.6 Å². The van der Waals surface area contributed by atoms with Crippen molar-refractivity contribution in [1.29, 1.82) is 0 Å². The number of nitrogens with one attached hydrogen (secondary N) is 2. The summed E-state index contributed by atoms with van der Waals surface area (Å²) in [5.41, 5.74) is 1.38. The molecule has 0 fully saturated rings. The van der Waals surface area contributed by atoms with Crippen molar-refractivity contribution < 1.29 is 8.42 Å². The Labute approximate surface area is 126 Å². The minimum Gasteiger partial charge on any atom is -0.387 e. The van der Waals surface area contributed by atoms with Crippen LogP contribution in [0.4, 0.5) is 5.69 Å². The van der Waals surface area contributed by atoms with Gasteiger partial charge < -0.3 is 5.32 Å². The number of hydrogen-bond donors (Lipinski definition) is 2. The van der Waals surface area contributed by atoms with Gasteiger partial charge in [0.25, 0.3) is 0 Å². The molecule has 0 unspecified atom stereocenters. The lowest BCUT2D eigenvalue weighted by Crippen LogP contribution is -2.24. The van der Waals surface area contributed by atoms with Crippen LogP contribution < -0.4 is 10.0 Å². The summed E-state index contributed by atoms with van der Waals surface area (Å²) < 4.78 is 28.0. The van der Waals surface area contributed by atoms with E-state index in [4.69, 9.17) is 0 Å². The summed E-state index contributed by atoms with van der Waals surface area (Å²) in [7, 11) is -1.95. The quantitative estimate of drug-likeness (QED) is 0.863. The first-order chi connectivity index (χ1) is 9.54. The lowest BCUT2D eigenvalue weighted by atomic mass is 10.2. The Morgan fingerprint density at radius 2 is 2.00 bits per heavy atom. The maximum absolute atomic E-state index is 12.3. The fourth-order valence-corrected chi connectivity index (χ4v) is 3.28. The number of halogens is 1. The van der Waals surface area contributed by atoms with Crippen LogP contribution in [0.3, 0.4) is 0 Å². The highest BCUT2D eigenvalue weighted by atomic mass is 79.9. The van der Waals surface area contributed by atoms with Gasteiger partial charge in [-0.15, -0.1) is 0 Å². The molecule has 0 bridgehead atoms. The number of anilines is 1. The van der Waals surface area contributed by atoms with Gasteiger partial charge in [0.2, 0.25) is 10.0 Å². The number of sulfonamides is 1. The first kappa shape index (κ1) is 15.0. The zero-order valence-electron chi connectivity index (χ0n) is 10.8. The van der Waals surface area contributed by atoms with E-state index >= 15 is 0 Å². The summed E-state index contributed by atoms with van der Waals surface area (Å²) in [6.07, 6.45) is 2.87. The topological polar surface area (TPSA) is 71.1 Å². The largest absolute Gasteiger partial charge is 0.387 e. The first-order valence-corrected chi connectivity index (χ1v) is 8.17. The predicted octanol–water partition coefficient (Wildman–Crippen LogP) is 2.36. The van der Waals surface area contributed by atoms with Crippen molar-refractivity contribution in [3.8, 4) is 0 Å². The molecule has 0 aliphatic carbocycles. The van der Waals surface area contributed by atoms with Gasteiger partial charge in [-0.25, -0.2) is 13.1 Å². The van der Waals surface area contributed by atoms with Crippen molar-refractivity contribution in [2.24, 2.45) is 0 Å². The Hall–Kier alpha value is -1.44. The molecule has 2 rings (SSSR count). The molecule has 2 N–H and O–H groups in total. The maximum atomic E-state index is 12.3. The smallest absolute Gasteiger partial charge is 0.244 e. The van der Waals surface area contributed by atoms with Crippen LogP contribution >= 0.6 is 15.9 Å². The summed E-state index contributed by atoms with van der Waals surface area (Å²) in [5.74, 6) is 0. The molecule has 1 aromatic carbocycles. The molecule has 7 heteroatoms. The second kappa shape index (κ2) is 6.34. The van der Waals surface area contributed by atoms with Crippen molar-refractivity contribution in [1.82, 2.24) is 9.71 Å². The van der Waals surface area contributed by atoms with E-state index in [0.29, 0.717) is 5.69 Å². The Bertz CT molecular complexity index is 704. The van der Waals surface area contributed by atoms with Gasteiger partial charge in [0, 0.05) is 30.5 Å². The average Bonchev–Trinajstić information content (AvgIpc) is 2.46. The van der Waals surface area contributed by atoms with Gasteiger partial charge in [-0.05, 0) is 17.7 Å². The SMILES string of the molecule is CNc1ccncc1S(=O)(=O)NCc1ccccc1Br. The third-order valence-corrected chi connectivity index (χ3v) is 4.96. The molecule has 0 amide bonds. The molecule has 0 aliphatic rings. The van der Waals surface area contributed by atoms with Crippen LogP contribution in [0.25, 0.3) is 0 Å². The highest BCUT2D eigenvalue weighted by Gasteiger charge is 2.18. The number of hydrogen-bond acceptors (Lipinski definition) is 4. The van der Waals surface area contributed by atoms with Crippen LogP contribution in [-0.2, 0) is 16.6 Å². The van der Waals surface area contributed by atoms with Crippen LogP contribution in [0, 0.1) is 0 Å². The minimum absolute atomic E-state index is 0.134. The van der Waals surface area contributed by atoms with Crippen LogP contribution in [0.15, 0.2) is 52.1 Å². The van der Waals surface area contributed by atoms with Gasteiger partial charge in [-0.2, -0.15) is 0 Å². The molecule has 0 aliphatic heterocycles. The number of benzene rings is 1. The highest BCUT2D eigenvalue weighted by molar-refractivity contribution is 9.10. The molecule has 0 atom stereocenters. The zero-order chi connectivity index (χ0) is 14.6. The van der Waals surface area contributed by atoms with Crippen LogP contribution in [-0.4, -0.2) is 20.4 Å². The summed E-state index contributed by atoms with van der Waals surface area (Å²) in [4.78, 5) is 4.00. The summed E-state index contributed by atoms with van der Waals surface area (Å²) in [5, 5.41) is 2.84. The molecular formula is C13H14BrN3O2S. The zero-order valence-corrected chi connectivity index (χ0v) is 13.2. The summed E-state index contributed by atoms with van der Waals surface area (Å²) >= 11 is 3.39. The highest BCUT2D eigenvalue weighted by Crippen LogP contribution is 2.20. The predicted molar refractivity (Wildman–Crippen MR) is 82.0 cm³/mol. The van der Waals surface area contributed by atoms with E-state index in [1.807, 2.05) is 24.3 Å². The Balaban J connectivity index is 2.22. The van der Waals surface area contributed by atoms with E-state index in [1.54, 1.807) is 19.3 Å². The van der Waals surface area contributed by atoms with E-state index in [2.05, 4.69) is 31.0 Å². The summed E-state index contributed by atoms with van der Waals surface area (Å²) in [6, 6.07) is 9.08. The normalized spacial score (nSPS) is 11.3. The van der Waals surface area contributed by atoms with E-state index in [-0.39, 0.29) is 11.4 Å². The third kappa shape index (κ3) is 3.36. The van der Waals surface area contributed by atoms with Crippen molar-refractivity contribution in [3.63, 3.8) is 0 Å². The van der Waals surface area contributed by atoms with Crippen LogP contribution in [0.1, 0.15) is 5.56 Å².